The fraction of sp³-hybridized carbons (Fsp3) is 0.618. The van der Waals surface area contributed by atoms with E-state index in [9.17, 15) is 14.7 Å². The zero-order valence-electron chi connectivity index (χ0n) is 26.6. The van der Waals surface area contributed by atoms with Crippen molar-refractivity contribution in [2.45, 2.75) is 103 Å². The zero-order valence-corrected chi connectivity index (χ0v) is 26.6. The summed E-state index contributed by atoms with van der Waals surface area (Å²) in [6.07, 6.45) is 4.03. The molecule has 8 unspecified atom stereocenters. The number of ether oxygens (including phenoxy) is 4. The first-order valence-corrected chi connectivity index (χ1v) is 15.7. The van der Waals surface area contributed by atoms with Crippen molar-refractivity contribution >= 4 is 23.5 Å². The van der Waals surface area contributed by atoms with Crippen LogP contribution in [0.4, 0.5) is 10.5 Å². The van der Waals surface area contributed by atoms with E-state index in [1.54, 1.807) is 12.0 Å². The average Bonchev–Trinajstić information content (AvgIpc) is 3.62. The quantitative estimate of drug-likeness (QED) is 0.371. The zero-order chi connectivity index (χ0) is 31.6. The van der Waals surface area contributed by atoms with Crippen LogP contribution in [0.15, 0.2) is 35.0 Å². The van der Waals surface area contributed by atoms with Crippen LogP contribution >= 0.6 is 0 Å². The monoisotopic (exact) mass is 607 g/mol. The van der Waals surface area contributed by atoms with Gasteiger partial charge in [0.05, 0.1) is 25.9 Å². The first kappa shape index (κ1) is 31.9. The third kappa shape index (κ3) is 7.05. The van der Waals surface area contributed by atoms with E-state index in [1.165, 1.54) is 7.11 Å². The SMILES string of the molecule is CCC1C=C2OC3CC(C(=O)OC)N(C3)C(O)C(C(C)(C)C)NC(=O)OC3CC3CCCC#CC2=Nc2ccc(OC)cc21. The number of nitrogens with one attached hydrogen (secondary N) is 1. The molecule has 1 aromatic rings. The van der Waals surface area contributed by atoms with Gasteiger partial charge < -0.3 is 29.4 Å². The lowest BCUT2D eigenvalue weighted by atomic mass is 9.85. The molecule has 1 saturated heterocycles. The molecule has 0 spiro atoms. The van der Waals surface area contributed by atoms with Crippen LogP contribution in [0.1, 0.15) is 77.7 Å². The number of carbonyl (C=O) groups is 2. The molecule has 0 aromatic heterocycles. The van der Waals surface area contributed by atoms with E-state index in [0.29, 0.717) is 23.8 Å². The Morgan fingerprint density at radius 1 is 1.23 bits per heavy atom. The largest absolute Gasteiger partial charge is 0.497 e. The molecule has 4 aliphatic rings. The van der Waals surface area contributed by atoms with Crippen molar-refractivity contribution in [3.8, 4) is 17.6 Å². The number of amides is 1. The number of esters is 1. The van der Waals surface area contributed by atoms with Crippen LogP contribution in [0.25, 0.3) is 0 Å². The van der Waals surface area contributed by atoms with Gasteiger partial charge in [0.2, 0.25) is 0 Å². The van der Waals surface area contributed by atoms with E-state index in [0.717, 1.165) is 42.7 Å². The predicted octanol–water partition coefficient (Wildman–Crippen LogP) is 4.83. The maximum absolute atomic E-state index is 13.0. The van der Waals surface area contributed by atoms with Crippen LogP contribution in [0.5, 0.6) is 5.75 Å². The van der Waals surface area contributed by atoms with Crippen molar-refractivity contribution in [3.05, 3.63) is 35.6 Å². The number of aliphatic hydroxyl groups excluding tert-OH is 1. The Morgan fingerprint density at radius 3 is 2.73 bits per heavy atom. The van der Waals surface area contributed by atoms with Crippen molar-refractivity contribution in [2.24, 2.45) is 16.3 Å². The highest BCUT2D eigenvalue weighted by Gasteiger charge is 2.48. The minimum Gasteiger partial charge on any atom is -0.497 e. The number of hydrogen-bond acceptors (Lipinski definition) is 9. The lowest BCUT2D eigenvalue weighted by Crippen LogP contribution is -2.59. The molecule has 10 nitrogen and oxygen atoms in total. The van der Waals surface area contributed by atoms with Gasteiger partial charge in [0.25, 0.3) is 0 Å². The summed E-state index contributed by atoms with van der Waals surface area (Å²) in [5, 5.41) is 14.6. The number of fused-ring (bicyclic) bond motifs is 5. The van der Waals surface area contributed by atoms with Gasteiger partial charge >= 0.3 is 12.1 Å². The van der Waals surface area contributed by atoms with Crippen LogP contribution in [0.3, 0.4) is 0 Å². The second-order valence-corrected chi connectivity index (χ2v) is 13.2. The highest BCUT2D eigenvalue weighted by molar-refractivity contribution is 6.13. The third-order valence-electron chi connectivity index (χ3n) is 9.00. The second-order valence-electron chi connectivity index (χ2n) is 13.2. The molecular weight excluding hydrogens is 562 g/mol. The number of alkyl carbamates (subject to hydrolysis) is 1. The lowest BCUT2D eigenvalue weighted by molar-refractivity contribution is -0.152. The van der Waals surface area contributed by atoms with Crippen LogP contribution in [-0.2, 0) is 19.0 Å². The first-order chi connectivity index (χ1) is 21.0. The fourth-order valence-electron chi connectivity index (χ4n) is 6.35. The smallest absolute Gasteiger partial charge is 0.407 e. The van der Waals surface area contributed by atoms with E-state index in [4.69, 9.17) is 23.9 Å². The molecule has 2 bridgehead atoms. The van der Waals surface area contributed by atoms with Crippen molar-refractivity contribution in [3.63, 3.8) is 0 Å². The summed E-state index contributed by atoms with van der Waals surface area (Å²) in [4.78, 5) is 32.6. The van der Waals surface area contributed by atoms with Crippen LogP contribution in [0.2, 0.25) is 0 Å². The van der Waals surface area contributed by atoms with Crippen molar-refractivity contribution in [1.29, 1.82) is 0 Å². The number of hydrogen-bond donors (Lipinski definition) is 2. The van der Waals surface area contributed by atoms with E-state index in [1.807, 2.05) is 39.0 Å². The van der Waals surface area contributed by atoms with Gasteiger partial charge in [-0.3, -0.25) is 9.69 Å². The standard InChI is InChI=1S/C34H45N3O7/c1-7-20-15-29-26(35-25-14-13-22(41-5)17-24(20)25)12-10-8-9-11-21-16-28(21)44-33(40)36-30(34(2,3)4)31(38)37-19-23(43-29)18-27(37)32(39)42-6/h13-15,17,20-21,23,27-28,30-31,38H,7-9,11,16,18-19H2,1-6H3,(H,36,40). The molecule has 3 aliphatic heterocycles. The molecule has 5 rings (SSSR count). The van der Waals surface area contributed by atoms with Crippen molar-refractivity contribution in [1.82, 2.24) is 10.2 Å². The summed E-state index contributed by atoms with van der Waals surface area (Å²) in [5.41, 5.74) is 1.83. The Morgan fingerprint density at radius 2 is 2.02 bits per heavy atom. The minimum atomic E-state index is -1.20. The maximum Gasteiger partial charge on any atom is 0.407 e. The van der Waals surface area contributed by atoms with Crippen LogP contribution in [0, 0.1) is 23.2 Å². The van der Waals surface area contributed by atoms with Gasteiger partial charge in [0.15, 0.2) is 11.5 Å². The Balaban J connectivity index is 1.53. The Labute approximate surface area is 260 Å². The van der Waals surface area contributed by atoms with Crippen LogP contribution < -0.4 is 10.1 Å². The molecule has 1 aliphatic carbocycles. The molecule has 44 heavy (non-hydrogen) atoms. The van der Waals surface area contributed by atoms with E-state index in [-0.39, 0.29) is 25.0 Å². The molecule has 0 radical (unpaired) electrons. The minimum absolute atomic E-state index is 0.00259. The number of aliphatic hydroxyl groups is 1. The normalized spacial score (nSPS) is 32.0. The molecule has 3 heterocycles. The molecule has 238 valence electrons. The Bertz CT molecular complexity index is 1370. The second kappa shape index (κ2) is 13.2. The number of allylic oxidation sites excluding steroid dienone is 2. The van der Waals surface area contributed by atoms with Gasteiger partial charge in [-0.15, -0.1) is 0 Å². The third-order valence-corrected chi connectivity index (χ3v) is 9.00. The highest BCUT2D eigenvalue weighted by atomic mass is 16.6. The summed E-state index contributed by atoms with van der Waals surface area (Å²) >= 11 is 0. The summed E-state index contributed by atoms with van der Waals surface area (Å²) in [7, 11) is 2.98. The topological polar surface area (TPSA) is 119 Å². The predicted molar refractivity (Wildman–Crippen MR) is 166 cm³/mol. The summed E-state index contributed by atoms with van der Waals surface area (Å²) in [6.45, 7) is 8.13. The lowest BCUT2D eigenvalue weighted by Gasteiger charge is -2.40. The fourth-order valence-corrected chi connectivity index (χ4v) is 6.35. The van der Waals surface area contributed by atoms with E-state index < -0.39 is 41.9 Å². The molecular formula is C34H45N3O7. The molecule has 2 fully saturated rings. The molecule has 8 atom stereocenters. The number of carbonyl (C=O) groups excluding carboxylic acids is 2. The number of rotatable bonds is 3. The van der Waals surface area contributed by atoms with Gasteiger partial charge in [-0.2, -0.15) is 0 Å². The van der Waals surface area contributed by atoms with E-state index in [2.05, 4.69) is 30.2 Å². The van der Waals surface area contributed by atoms with Gasteiger partial charge in [-0.05, 0) is 72.8 Å². The summed E-state index contributed by atoms with van der Waals surface area (Å²) in [6, 6.07) is 4.34. The Hall–Kier alpha value is -3.55. The number of nitrogens with zero attached hydrogens (tertiary/aromatic N) is 2. The number of methoxy groups -OCH3 is 2. The van der Waals surface area contributed by atoms with Gasteiger partial charge in [0.1, 0.15) is 30.2 Å². The molecule has 1 amide bonds. The summed E-state index contributed by atoms with van der Waals surface area (Å²) < 4.78 is 23.0. The highest BCUT2D eigenvalue weighted by Crippen LogP contribution is 2.40. The molecule has 1 aromatic carbocycles. The van der Waals surface area contributed by atoms with Crippen molar-refractivity contribution < 1.29 is 33.6 Å². The molecule has 2 N–H and O–H groups in total. The molecule has 10 heteroatoms. The first-order valence-electron chi connectivity index (χ1n) is 15.7. The summed E-state index contributed by atoms with van der Waals surface area (Å²) in [5.74, 6) is 7.70. The number of aliphatic imine (C=N–C) groups is 1. The van der Waals surface area contributed by atoms with E-state index >= 15 is 0 Å². The van der Waals surface area contributed by atoms with Crippen LogP contribution in [-0.4, -0.2) is 79.1 Å². The number of benzene rings is 1. The molecule has 1 saturated carbocycles. The van der Waals surface area contributed by atoms with Gasteiger partial charge in [-0.1, -0.05) is 33.6 Å². The van der Waals surface area contributed by atoms with Gasteiger partial charge in [0, 0.05) is 25.3 Å². The average molecular weight is 608 g/mol. The Kier molecular flexibility index (Phi) is 9.56. The maximum atomic E-state index is 13.0. The van der Waals surface area contributed by atoms with Gasteiger partial charge in [-0.25, -0.2) is 9.79 Å². The van der Waals surface area contributed by atoms with Crippen molar-refractivity contribution in [2.75, 3.05) is 20.8 Å².